The lowest BCUT2D eigenvalue weighted by Crippen LogP contribution is -2.49. The fourth-order valence-corrected chi connectivity index (χ4v) is 3.89. The normalized spacial score (nSPS) is 16.8. The predicted molar refractivity (Wildman–Crippen MR) is 104 cm³/mol. The highest BCUT2D eigenvalue weighted by Crippen LogP contribution is 2.41. The summed E-state index contributed by atoms with van der Waals surface area (Å²) < 4.78 is 42.9. The minimum absolute atomic E-state index is 0.380. The van der Waals surface area contributed by atoms with Crippen molar-refractivity contribution in [2.75, 3.05) is 14.2 Å². The zero-order valence-corrected chi connectivity index (χ0v) is 15.3. The minimum atomic E-state index is -3.95. The first-order valence-corrected chi connectivity index (χ1v) is 8.81. The summed E-state index contributed by atoms with van der Waals surface area (Å²) in [5.41, 5.74) is 2.89. The van der Waals surface area contributed by atoms with E-state index in [-0.39, 0.29) is 0 Å². The second-order valence-electron chi connectivity index (χ2n) is 6.67. The van der Waals surface area contributed by atoms with E-state index in [1.54, 1.807) is 31.4 Å². The van der Waals surface area contributed by atoms with Crippen LogP contribution < -0.4 is 9.47 Å². The molecule has 2 aromatic heterocycles. The molecule has 28 heavy (non-hydrogen) atoms. The summed E-state index contributed by atoms with van der Waals surface area (Å²) in [6.07, 6.45) is 6.13. The molecule has 4 heterocycles. The Balaban J connectivity index is 1.84. The van der Waals surface area contributed by atoms with E-state index in [9.17, 15) is 8.63 Å². The molecule has 0 spiro atoms. The maximum atomic E-state index is 15.0. The fraction of sp³-hybridized carbons (Fsp3) is 0.100. The molecule has 2 aliphatic heterocycles. The van der Waals surface area contributed by atoms with Crippen molar-refractivity contribution in [1.82, 2.24) is 9.46 Å². The van der Waals surface area contributed by atoms with Gasteiger partial charge in [0.25, 0.3) is 0 Å². The van der Waals surface area contributed by atoms with Crippen LogP contribution >= 0.6 is 0 Å². The molecule has 0 saturated heterocycles. The van der Waals surface area contributed by atoms with E-state index in [0.29, 0.717) is 34.2 Å². The molecule has 0 N–H and O–H groups in total. The Labute approximate surface area is 159 Å². The van der Waals surface area contributed by atoms with E-state index >= 15 is 0 Å². The number of nitrogens with zero attached hydrogens (tertiary/aromatic N) is 3. The molecule has 2 aliphatic rings. The van der Waals surface area contributed by atoms with E-state index in [4.69, 9.17) is 9.47 Å². The summed E-state index contributed by atoms with van der Waals surface area (Å²) in [5.74, 6) is 1.08. The predicted octanol–water partition coefficient (Wildman–Crippen LogP) is 3.70. The summed E-state index contributed by atoms with van der Waals surface area (Å²) in [6, 6.07) is 10.8. The number of pyridine rings is 1. The molecule has 5 nitrogen and oxygen atoms in total. The second-order valence-corrected chi connectivity index (χ2v) is 6.67. The molecule has 3 aromatic rings. The summed E-state index contributed by atoms with van der Waals surface area (Å²) in [5, 5.41) is 0.835. The lowest BCUT2D eigenvalue weighted by Gasteiger charge is -2.31. The number of allylic oxidation sites excluding steroid dienone is 2. The van der Waals surface area contributed by atoms with Crippen LogP contribution in [-0.2, 0) is 0 Å². The molecular weight excluding hydrogens is 363 g/mol. The van der Waals surface area contributed by atoms with Gasteiger partial charge in [0, 0.05) is 23.2 Å². The summed E-state index contributed by atoms with van der Waals surface area (Å²) >= 11 is 0. The van der Waals surface area contributed by atoms with Crippen LogP contribution in [0.3, 0.4) is 0 Å². The number of hydrogen-bond acceptors (Lipinski definition) is 3. The Morgan fingerprint density at radius 2 is 1.96 bits per heavy atom. The average molecular weight is 379 g/mol. The molecule has 0 saturated carbocycles. The van der Waals surface area contributed by atoms with Crippen LogP contribution in [0.5, 0.6) is 11.6 Å². The van der Waals surface area contributed by atoms with Crippen molar-refractivity contribution < 1.29 is 22.6 Å². The Kier molecular flexibility index (Phi) is 3.46. The van der Waals surface area contributed by atoms with Crippen molar-refractivity contribution in [3.05, 3.63) is 71.7 Å². The summed E-state index contributed by atoms with van der Waals surface area (Å²) in [7, 11) is 3.13. The molecule has 0 bridgehead atoms. The zero-order chi connectivity index (χ0) is 19.5. The molecule has 0 atom stereocenters. The van der Waals surface area contributed by atoms with Gasteiger partial charge in [0.1, 0.15) is 12.0 Å². The van der Waals surface area contributed by atoms with E-state index < -0.39 is 6.97 Å². The van der Waals surface area contributed by atoms with Crippen LogP contribution in [0.2, 0.25) is 0 Å². The highest BCUT2D eigenvalue weighted by Gasteiger charge is 2.51. The molecule has 0 unspecified atom stereocenters. The maximum Gasteiger partial charge on any atom is 0.737 e. The van der Waals surface area contributed by atoms with Crippen molar-refractivity contribution in [2.45, 2.75) is 0 Å². The number of aromatic nitrogens is 2. The van der Waals surface area contributed by atoms with Gasteiger partial charge in [-0.25, -0.2) is 4.98 Å². The van der Waals surface area contributed by atoms with E-state index in [1.807, 2.05) is 24.3 Å². The van der Waals surface area contributed by atoms with Gasteiger partial charge in [0.05, 0.1) is 30.9 Å². The number of hydrogen-bond donors (Lipinski definition) is 0. The van der Waals surface area contributed by atoms with Gasteiger partial charge >= 0.3 is 6.97 Å². The second kappa shape index (κ2) is 5.79. The van der Waals surface area contributed by atoms with Crippen molar-refractivity contribution >= 4 is 29.7 Å². The minimum Gasteiger partial charge on any atom is -0.497 e. The van der Waals surface area contributed by atoms with Gasteiger partial charge in [0.2, 0.25) is 5.88 Å². The molecule has 0 radical (unpaired) electrons. The quantitative estimate of drug-likeness (QED) is 0.652. The maximum absolute atomic E-state index is 15.0. The van der Waals surface area contributed by atoms with Gasteiger partial charge in [-0.15, -0.1) is 0 Å². The Morgan fingerprint density at radius 1 is 1.11 bits per heavy atom. The van der Waals surface area contributed by atoms with Gasteiger partial charge in [0.15, 0.2) is 5.70 Å². The van der Waals surface area contributed by atoms with Crippen molar-refractivity contribution in [3.63, 3.8) is 0 Å². The lowest BCUT2D eigenvalue weighted by molar-refractivity contribution is -0.356. The molecule has 140 valence electrons. The van der Waals surface area contributed by atoms with Crippen molar-refractivity contribution in [2.24, 2.45) is 0 Å². The Bertz CT molecular complexity index is 1230. The summed E-state index contributed by atoms with van der Waals surface area (Å²) in [4.78, 5) is 4.60. The zero-order valence-electron chi connectivity index (χ0n) is 15.3. The topological polar surface area (TPSA) is 39.3 Å². The van der Waals surface area contributed by atoms with E-state index in [1.165, 1.54) is 19.5 Å². The van der Waals surface area contributed by atoms with Crippen LogP contribution in [-0.4, -0.2) is 41.4 Å². The van der Waals surface area contributed by atoms with Crippen LogP contribution in [0.1, 0.15) is 11.3 Å². The number of halogens is 2. The number of rotatable bonds is 3. The van der Waals surface area contributed by atoms with Crippen LogP contribution in [0.4, 0.5) is 8.63 Å². The average Bonchev–Trinajstić information content (AvgIpc) is 3.38. The van der Waals surface area contributed by atoms with E-state index in [0.717, 1.165) is 19.9 Å². The third-order valence-electron chi connectivity index (χ3n) is 5.19. The first-order valence-electron chi connectivity index (χ1n) is 8.81. The fourth-order valence-electron chi connectivity index (χ4n) is 3.89. The first kappa shape index (κ1) is 16.7. The molecule has 1 aromatic carbocycles. The van der Waals surface area contributed by atoms with Crippen molar-refractivity contribution in [3.8, 4) is 11.6 Å². The monoisotopic (exact) mass is 379 g/mol. The van der Waals surface area contributed by atoms with Crippen LogP contribution in [0, 0.1) is 0 Å². The van der Waals surface area contributed by atoms with Crippen LogP contribution in [0.25, 0.3) is 16.5 Å². The van der Waals surface area contributed by atoms with Gasteiger partial charge < -0.3 is 27.1 Å². The van der Waals surface area contributed by atoms with Gasteiger partial charge in [-0.1, -0.05) is 0 Å². The highest BCUT2D eigenvalue weighted by molar-refractivity contribution is 6.57. The molecular formula is C20H16BF2N3O2. The molecule has 8 heteroatoms. The van der Waals surface area contributed by atoms with Crippen molar-refractivity contribution in [1.29, 1.82) is 0 Å². The number of methoxy groups -OCH3 is 2. The third kappa shape index (κ3) is 2.17. The SMILES string of the molecule is COc1ccc2nc(OC)c(C3=C4C=CC=[N+]4[B-](F)(F)n4cccc43)cc2c1. The number of ether oxygens (including phenoxy) is 2. The lowest BCUT2D eigenvalue weighted by atomic mass is 9.86. The van der Waals surface area contributed by atoms with Gasteiger partial charge in [-0.3, -0.25) is 0 Å². The summed E-state index contributed by atoms with van der Waals surface area (Å²) in [6.45, 7) is -3.95. The smallest absolute Gasteiger partial charge is 0.497 e. The van der Waals surface area contributed by atoms with Gasteiger partial charge in [-0.2, -0.15) is 0 Å². The molecule has 5 rings (SSSR count). The van der Waals surface area contributed by atoms with Crippen LogP contribution in [0.15, 0.2) is 60.4 Å². The molecule has 0 amide bonds. The Morgan fingerprint density at radius 3 is 2.75 bits per heavy atom. The first-order chi connectivity index (χ1) is 13.5. The standard InChI is InChI=1S/C20H16BF2N3O2/c1-27-14-7-8-16-13(11-14)12-15(20(24-16)28-2)19-17-5-3-9-25(17)21(22,23)26-10-4-6-18(19)26/h3-12H,1-2H3. The van der Waals surface area contributed by atoms with Gasteiger partial charge in [-0.05, 0) is 42.6 Å². The van der Waals surface area contributed by atoms with E-state index in [2.05, 4.69) is 4.98 Å². The largest absolute Gasteiger partial charge is 0.737 e. The highest BCUT2D eigenvalue weighted by atomic mass is 19.2. The third-order valence-corrected chi connectivity index (χ3v) is 5.19. The number of fused-ring (bicyclic) bond motifs is 3. The molecule has 0 aliphatic carbocycles. The molecule has 0 fully saturated rings. The number of benzene rings is 1. The Hall–Kier alpha value is -3.42.